The fourth-order valence-corrected chi connectivity index (χ4v) is 3.60. The number of methoxy groups -OCH3 is 1. The first-order valence-electron chi connectivity index (χ1n) is 8.10. The molecule has 0 radical (unpaired) electrons. The molecular formula is C17H24N2O5S. The normalized spacial score (nSPS) is 17.4. The highest BCUT2D eigenvalue weighted by molar-refractivity contribution is 7.88. The van der Waals surface area contributed by atoms with Gasteiger partial charge in [-0.3, -0.25) is 9.59 Å². The number of carbonyl (C=O) groups is 2. The van der Waals surface area contributed by atoms with Crippen molar-refractivity contribution in [3.8, 4) is 0 Å². The topological polar surface area (TPSA) is 84.0 Å². The average Bonchev–Trinajstić information content (AvgIpc) is 2.61. The minimum Gasteiger partial charge on any atom is -0.469 e. The molecule has 1 aliphatic rings. The molecule has 2 rings (SSSR count). The van der Waals surface area contributed by atoms with Crippen molar-refractivity contribution in [3.05, 3.63) is 35.9 Å². The van der Waals surface area contributed by atoms with Crippen LogP contribution in [0.25, 0.3) is 0 Å². The summed E-state index contributed by atoms with van der Waals surface area (Å²) in [5.74, 6) is -0.751. The van der Waals surface area contributed by atoms with Crippen LogP contribution in [-0.2, 0) is 24.3 Å². The molecule has 7 nitrogen and oxygen atoms in total. The van der Waals surface area contributed by atoms with Crippen LogP contribution in [0, 0.1) is 5.92 Å². The minimum atomic E-state index is -3.55. The molecule has 1 aliphatic heterocycles. The first-order chi connectivity index (χ1) is 11.8. The molecule has 1 saturated heterocycles. The smallest absolute Gasteiger partial charge is 0.308 e. The van der Waals surface area contributed by atoms with Crippen LogP contribution >= 0.6 is 0 Å². The summed E-state index contributed by atoms with van der Waals surface area (Å²) in [6, 6.07) is 7.93. The maximum absolute atomic E-state index is 13.0. The van der Waals surface area contributed by atoms with Gasteiger partial charge in [-0.2, -0.15) is 4.31 Å². The van der Waals surface area contributed by atoms with E-state index in [0.717, 1.165) is 10.6 Å². The van der Waals surface area contributed by atoms with Gasteiger partial charge >= 0.3 is 5.97 Å². The quantitative estimate of drug-likeness (QED) is 0.725. The monoisotopic (exact) mass is 368 g/mol. The van der Waals surface area contributed by atoms with Crippen LogP contribution in [0.5, 0.6) is 0 Å². The molecule has 1 amide bonds. The van der Waals surface area contributed by atoms with Crippen molar-refractivity contribution >= 4 is 21.9 Å². The molecule has 0 bridgehead atoms. The molecule has 1 unspecified atom stereocenters. The number of carbonyl (C=O) groups excluding carboxylic acids is 2. The van der Waals surface area contributed by atoms with E-state index in [2.05, 4.69) is 0 Å². The molecule has 8 heteroatoms. The van der Waals surface area contributed by atoms with E-state index in [4.69, 9.17) is 4.74 Å². The molecular weight excluding hydrogens is 344 g/mol. The Kier molecular flexibility index (Phi) is 6.18. The van der Waals surface area contributed by atoms with Gasteiger partial charge in [0.2, 0.25) is 15.9 Å². The van der Waals surface area contributed by atoms with Gasteiger partial charge in [0.05, 0.1) is 19.3 Å². The Hall–Kier alpha value is -1.93. The van der Waals surface area contributed by atoms with Gasteiger partial charge in [-0.15, -0.1) is 0 Å². The van der Waals surface area contributed by atoms with Crippen molar-refractivity contribution in [3.63, 3.8) is 0 Å². The lowest BCUT2D eigenvalue weighted by Gasteiger charge is -2.35. The number of esters is 1. The van der Waals surface area contributed by atoms with Gasteiger partial charge in [0.25, 0.3) is 0 Å². The van der Waals surface area contributed by atoms with Gasteiger partial charge in [-0.25, -0.2) is 8.42 Å². The number of ether oxygens (including phenoxy) is 1. The lowest BCUT2D eigenvalue weighted by atomic mass is 9.96. The molecule has 1 fully saturated rings. The van der Waals surface area contributed by atoms with Crippen molar-refractivity contribution < 1.29 is 22.7 Å². The van der Waals surface area contributed by atoms with Gasteiger partial charge in [-0.1, -0.05) is 30.3 Å². The summed E-state index contributed by atoms with van der Waals surface area (Å²) in [4.78, 5) is 26.3. The number of benzene rings is 1. The van der Waals surface area contributed by atoms with Crippen molar-refractivity contribution in [2.45, 2.75) is 18.9 Å². The van der Waals surface area contributed by atoms with E-state index in [1.54, 1.807) is 29.2 Å². The zero-order valence-corrected chi connectivity index (χ0v) is 15.5. The second kappa shape index (κ2) is 7.97. The highest BCUT2D eigenvalue weighted by atomic mass is 32.2. The number of likely N-dealkylation sites (tertiary alicyclic amines) is 1. The third-order valence-electron chi connectivity index (χ3n) is 4.58. The van der Waals surface area contributed by atoms with E-state index in [1.165, 1.54) is 14.2 Å². The fourth-order valence-electron chi connectivity index (χ4n) is 3.01. The van der Waals surface area contributed by atoms with Crippen LogP contribution in [0.2, 0.25) is 0 Å². The van der Waals surface area contributed by atoms with E-state index in [-0.39, 0.29) is 17.8 Å². The van der Waals surface area contributed by atoms with Gasteiger partial charge in [0.15, 0.2) is 0 Å². The number of likely N-dealkylation sites (N-methyl/N-ethyl adjacent to an activating group) is 1. The molecule has 138 valence electrons. The number of nitrogens with zero attached hydrogens (tertiary/aromatic N) is 2. The van der Waals surface area contributed by atoms with E-state index in [1.807, 2.05) is 6.07 Å². The van der Waals surface area contributed by atoms with E-state index >= 15 is 0 Å². The van der Waals surface area contributed by atoms with Crippen molar-refractivity contribution in [1.29, 1.82) is 0 Å². The Morgan fingerprint density at radius 3 is 2.24 bits per heavy atom. The van der Waals surface area contributed by atoms with Crippen LogP contribution in [0.15, 0.2) is 30.3 Å². The van der Waals surface area contributed by atoms with E-state index < -0.39 is 16.1 Å². The Morgan fingerprint density at radius 1 is 1.20 bits per heavy atom. The first kappa shape index (κ1) is 19.4. The molecule has 0 aromatic heterocycles. The van der Waals surface area contributed by atoms with Crippen LogP contribution in [0.1, 0.15) is 24.4 Å². The molecule has 1 heterocycles. The summed E-state index contributed by atoms with van der Waals surface area (Å²) in [5.41, 5.74) is 0.621. The highest BCUT2D eigenvalue weighted by Gasteiger charge is 2.36. The second-order valence-electron chi connectivity index (χ2n) is 6.22. The number of hydrogen-bond donors (Lipinski definition) is 0. The van der Waals surface area contributed by atoms with Gasteiger partial charge in [-0.05, 0) is 18.4 Å². The van der Waals surface area contributed by atoms with E-state index in [0.29, 0.717) is 31.5 Å². The minimum absolute atomic E-state index is 0.211. The summed E-state index contributed by atoms with van der Waals surface area (Å²) >= 11 is 0. The number of sulfonamides is 1. The van der Waals surface area contributed by atoms with Gasteiger partial charge in [0.1, 0.15) is 6.04 Å². The Bertz CT molecular complexity index is 712. The van der Waals surface area contributed by atoms with Crippen LogP contribution in [-0.4, -0.2) is 63.0 Å². The SMILES string of the molecule is COC(=O)C1CCN(C(=O)C(c2ccccc2)N(C)S(C)(=O)=O)CC1. The lowest BCUT2D eigenvalue weighted by molar-refractivity contribution is -0.149. The zero-order valence-electron chi connectivity index (χ0n) is 14.7. The number of piperidine rings is 1. The third-order valence-corrected chi connectivity index (χ3v) is 5.83. The number of rotatable bonds is 5. The third kappa shape index (κ3) is 4.58. The summed E-state index contributed by atoms with van der Waals surface area (Å²) in [6.07, 6.45) is 2.12. The molecule has 1 atom stereocenters. The summed E-state index contributed by atoms with van der Waals surface area (Å²) in [5, 5.41) is 0. The molecule has 0 spiro atoms. The highest BCUT2D eigenvalue weighted by Crippen LogP contribution is 2.27. The van der Waals surface area contributed by atoms with E-state index in [9.17, 15) is 18.0 Å². The molecule has 1 aromatic carbocycles. The second-order valence-corrected chi connectivity index (χ2v) is 8.26. The Morgan fingerprint density at radius 2 is 1.76 bits per heavy atom. The summed E-state index contributed by atoms with van der Waals surface area (Å²) < 4.78 is 29.9. The summed E-state index contributed by atoms with van der Waals surface area (Å²) in [7, 11) is -0.788. The van der Waals surface area contributed by atoms with Crippen LogP contribution in [0.3, 0.4) is 0 Å². The summed E-state index contributed by atoms with van der Waals surface area (Å²) in [6.45, 7) is 0.805. The molecule has 0 saturated carbocycles. The molecule has 0 aliphatic carbocycles. The molecule has 1 aromatic rings. The van der Waals surface area contributed by atoms with Gasteiger partial charge in [0, 0.05) is 20.1 Å². The van der Waals surface area contributed by atoms with Crippen molar-refractivity contribution in [2.75, 3.05) is 33.5 Å². The van der Waals surface area contributed by atoms with Crippen LogP contribution in [0.4, 0.5) is 0 Å². The van der Waals surface area contributed by atoms with Crippen molar-refractivity contribution in [2.24, 2.45) is 5.92 Å². The maximum atomic E-state index is 13.0. The standard InChI is InChI=1S/C17H24N2O5S/c1-18(25(3,22)23)15(13-7-5-4-6-8-13)16(20)19-11-9-14(10-12-19)17(21)24-2/h4-8,14-15H,9-12H2,1-3H3. The fraction of sp³-hybridized carbons (Fsp3) is 0.529. The lowest BCUT2D eigenvalue weighted by Crippen LogP contribution is -2.47. The average molecular weight is 368 g/mol. The van der Waals surface area contributed by atoms with Crippen molar-refractivity contribution in [1.82, 2.24) is 9.21 Å². The number of amides is 1. The molecule has 0 N–H and O–H groups in total. The maximum Gasteiger partial charge on any atom is 0.308 e. The van der Waals surface area contributed by atoms with Crippen LogP contribution < -0.4 is 0 Å². The Balaban J connectivity index is 2.21. The Labute approximate surface area is 148 Å². The zero-order chi connectivity index (χ0) is 18.6. The first-order valence-corrected chi connectivity index (χ1v) is 9.95. The largest absolute Gasteiger partial charge is 0.469 e. The molecule has 25 heavy (non-hydrogen) atoms. The van der Waals surface area contributed by atoms with Gasteiger partial charge < -0.3 is 9.64 Å². The predicted molar refractivity (Wildman–Crippen MR) is 93.1 cm³/mol. The predicted octanol–water partition coefficient (Wildman–Crippen LogP) is 1.03. The number of hydrogen-bond acceptors (Lipinski definition) is 5.